The summed E-state index contributed by atoms with van der Waals surface area (Å²) in [5, 5.41) is 0. The van der Waals surface area contributed by atoms with Crippen LogP contribution in [0.15, 0.2) is 56.9 Å². The number of rotatable bonds is 7. The molecule has 4 rings (SSSR count). The van der Waals surface area contributed by atoms with E-state index in [2.05, 4.69) is 37.9 Å². The van der Waals surface area contributed by atoms with Crippen LogP contribution in [0.1, 0.15) is 23.6 Å². The summed E-state index contributed by atoms with van der Waals surface area (Å²) in [5.74, 6) is 1.71. The molecule has 7 heteroatoms. The minimum Gasteiger partial charge on any atom is -0.441 e. The number of thiophene rings is 1. The maximum Gasteiger partial charge on any atom is 0.222 e. The second-order valence-corrected chi connectivity index (χ2v) is 9.75. The number of halogens is 1. The van der Waals surface area contributed by atoms with Crippen LogP contribution in [0.2, 0.25) is 0 Å². The summed E-state index contributed by atoms with van der Waals surface area (Å²) in [5.41, 5.74) is 1.02. The standard InChI is InChI=1S/C22H24BrN3O2S/c23-20-10-9-18(29-20)16-25-11-13-26(14-12-25)22(27)8-4-7-21-24-15-19(28-21)17-5-2-1-3-6-17/h1-3,5-6,9-10,15H,4,7-8,11-14,16H2. The van der Waals surface area contributed by atoms with Gasteiger partial charge in [0.1, 0.15) is 0 Å². The third kappa shape index (κ3) is 5.56. The largest absolute Gasteiger partial charge is 0.441 e. The van der Waals surface area contributed by atoms with Crippen LogP contribution in [0.5, 0.6) is 0 Å². The van der Waals surface area contributed by atoms with Crippen LogP contribution in [0.25, 0.3) is 11.3 Å². The van der Waals surface area contributed by atoms with Crippen molar-refractivity contribution in [2.24, 2.45) is 0 Å². The van der Waals surface area contributed by atoms with Gasteiger partial charge in [0.05, 0.1) is 9.98 Å². The molecule has 0 atom stereocenters. The molecule has 0 N–H and O–H groups in total. The number of oxazole rings is 1. The van der Waals surface area contributed by atoms with Gasteiger partial charge in [0.15, 0.2) is 11.7 Å². The molecule has 0 saturated carbocycles. The molecule has 1 fully saturated rings. The lowest BCUT2D eigenvalue weighted by molar-refractivity contribution is -0.133. The lowest BCUT2D eigenvalue weighted by Gasteiger charge is -2.34. The topological polar surface area (TPSA) is 49.6 Å². The minimum absolute atomic E-state index is 0.235. The summed E-state index contributed by atoms with van der Waals surface area (Å²) in [4.78, 5) is 22.7. The van der Waals surface area contributed by atoms with Crippen LogP contribution < -0.4 is 0 Å². The number of carbonyl (C=O) groups is 1. The molecule has 3 aromatic rings. The molecule has 1 aliphatic heterocycles. The van der Waals surface area contributed by atoms with Crippen LogP contribution in [0.4, 0.5) is 0 Å². The minimum atomic E-state index is 0.235. The van der Waals surface area contributed by atoms with E-state index in [9.17, 15) is 4.79 Å². The van der Waals surface area contributed by atoms with Gasteiger partial charge in [0, 0.05) is 56.0 Å². The number of carbonyl (C=O) groups excluding carboxylic acids is 1. The third-order valence-electron chi connectivity index (χ3n) is 5.13. The second kappa shape index (κ2) is 9.69. The molecule has 1 saturated heterocycles. The summed E-state index contributed by atoms with van der Waals surface area (Å²) in [6.07, 6.45) is 3.75. The molecular formula is C22H24BrN3O2S. The molecular weight excluding hydrogens is 450 g/mol. The van der Waals surface area contributed by atoms with Gasteiger partial charge in [0.25, 0.3) is 0 Å². The van der Waals surface area contributed by atoms with Crippen molar-refractivity contribution in [3.05, 3.63) is 63.2 Å². The Labute approximate surface area is 183 Å². The van der Waals surface area contributed by atoms with Gasteiger partial charge < -0.3 is 9.32 Å². The van der Waals surface area contributed by atoms with Gasteiger partial charge in [-0.2, -0.15) is 0 Å². The average Bonchev–Trinajstić information content (AvgIpc) is 3.38. The third-order valence-corrected chi connectivity index (χ3v) is 6.73. The Morgan fingerprint density at radius 1 is 1.10 bits per heavy atom. The molecule has 0 unspecified atom stereocenters. The van der Waals surface area contributed by atoms with Crippen LogP contribution in [0.3, 0.4) is 0 Å². The normalized spacial score (nSPS) is 15.0. The van der Waals surface area contributed by atoms with Crippen molar-refractivity contribution in [1.29, 1.82) is 0 Å². The Balaban J connectivity index is 1.18. The number of piperazine rings is 1. The fraction of sp³-hybridized carbons (Fsp3) is 0.364. The lowest BCUT2D eigenvalue weighted by Crippen LogP contribution is -2.48. The predicted molar refractivity (Wildman–Crippen MR) is 119 cm³/mol. The lowest BCUT2D eigenvalue weighted by atomic mass is 10.2. The Bertz CT molecular complexity index is 932. The predicted octanol–water partition coefficient (Wildman–Crippen LogP) is 4.83. The van der Waals surface area contributed by atoms with Crippen LogP contribution in [0, 0.1) is 0 Å². The first-order chi connectivity index (χ1) is 14.2. The number of aryl methyl sites for hydroxylation is 1. The van der Waals surface area contributed by atoms with Crippen LogP contribution in [-0.2, 0) is 17.8 Å². The smallest absolute Gasteiger partial charge is 0.222 e. The molecule has 0 radical (unpaired) electrons. The molecule has 0 spiro atoms. The van der Waals surface area contributed by atoms with Gasteiger partial charge in [-0.05, 0) is 34.5 Å². The average molecular weight is 474 g/mol. The van der Waals surface area contributed by atoms with E-state index in [4.69, 9.17) is 4.42 Å². The Hall–Kier alpha value is -1.96. The Kier molecular flexibility index (Phi) is 6.79. The van der Waals surface area contributed by atoms with E-state index in [1.165, 1.54) is 8.66 Å². The number of aromatic nitrogens is 1. The molecule has 2 aromatic heterocycles. The molecule has 1 amide bonds. The maximum absolute atomic E-state index is 12.5. The molecule has 1 aromatic carbocycles. The van der Waals surface area contributed by atoms with Crippen LogP contribution in [-0.4, -0.2) is 46.9 Å². The van der Waals surface area contributed by atoms with Gasteiger partial charge >= 0.3 is 0 Å². The molecule has 3 heterocycles. The first-order valence-corrected chi connectivity index (χ1v) is 11.5. The van der Waals surface area contributed by atoms with Gasteiger partial charge in [-0.3, -0.25) is 9.69 Å². The maximum atomic E-state index is 12.5. The first-order valence-electron chi connectivity index (χ1n) is 9.92. The highest BCUT2D eigenvalue weighted by molar-refractivity contribution is 9.11. The summed E-state index contributed by atoms with van der Waals surface area (Å²) in [7, 11) is 0. The fourth-order valence-corrected chi connectivity index (χ4v) is 5.05. The molecule has 0 bridgehead atoms. The zero-order valence-electron chi connectivity index (χ0n) is 16.2. The van der Waals surface area contributed by atoms with Crippen molar-refractivity contribution in [1.82, 2.24) is 14.8 Å². The molecule has 152 valence electrons. The van der Waals surface area contributed by atoms with Gasteiger partial charge in [0.2, 0.25) is 5.91 Å². The van der Waals surface area contributed by atoms with Crippen molar-refractivity contribution < 1.29 is 9.21 Å². The molecule has 5 nitrogen and oxygen atoms in total. The number of nitrogens with zero attached hydrogens (tertiary/aromatic N) is 3. The van der Waals surface area contributed by atoms with Crippen molar-refractivity contribution in [3.63, 3.8) is 0 Å². The Morgan fingerprint density at radius 2 is 1.90 bits per heavy atom. The van der Waals surface area contributed by atoms with Gasteiger partial charge in [-0.1, -0.05) is 30.3 Å². The summed E-state index contributed by atoms with van der Waals surface area (Å²) in [6.45, 7) is 4.44. The van der Waals surface area contributed by atoms with E-state index in [0.29, 0.717) is 18.7 Å². The molecule has 0 aliphatic carbocycles. The zero-order chi connectivity index (χ0) is 20.1. The van der Waals surface area contributed by atoms with Crippen molar-refractivity contribution >= 4 is 33.2 Å². The number of amides is 1. The summed E-state index contributed by atoms with van der Waals surface area (Å²) >= 11 is 5.29. The van der Waals surface area contributed by atoms with E-state index in [1.54, 1.807) is 17.5 Å². The highest BCUT2D eigenvalue weighted by atomic mass is 79.9. The quantitative estimate of drug-likeness (QED) is 0.492. The van der Waals surface area contributed by atoms with Crippen molar-refractivity contribution in [2.75, 3.05) is 26.2 Å². The number of hydrogen-bond donors (Lipinski definition) is 0. The van der Waals surface area contributed by atoms with E-state index >= 15 is 0 Å². The monoisotopic (exact) mass is 473 g/mol. The van der Waals surface area contributed by atoms with Crippen LogP contribution >= 0.6 is 27.3 Å². The van der Waals surface area contributed by atoms with Gasteiger partial charge in [-0.25, -0.2) is 4.98 Å². The van der Waals surface area contributed by atoms with E-state index in [-0.39, 0.29) is 5.91 Å². The van der Waals surface area contributed by atoms with E-state index in [1.807, 2.05) is 35.2 Å². The molecule has 29 heavy (non-hydrogen) atoms. The fourth-order valence-electron chi connectivity index (χ4n) is 3.52. The summed E-state index contributed by atoms with van der Waals surface area (Å²) < 4.78 is 6.99. The van der Waals surface area contributed by atoms with E-state index in [0.717, 1.165) is 50.5 Å². The SMILES string of the molecule is O=C(CCCc1ncc(-c2ccccc2)o1)N1CCN(Cc2ccc(Br)s2)CC1. The Morgan fingerprint density at radius 3 is 2.62 bits per heavy atom. The van der Waals surface area contributed by atoms with Crippen molar-refractivity contribution in [3.8, 4) is 11.3 Å². The van der Waals surface area contributed by atoms with E-state index < -0.39 is 0 Å². The van der Waals surface area contributed by atoms with Crippen molar-refractivity contribution in [2.45, 2.75) is 25.8 Å². The first kappa shape index (κ1) is 20.3. The van der Waals surface area contributed by atoms with Gasteiger partial charge in [-0.15, -0.1) is 11.3 Å². The zero-order valence-corrected chi connectivity index (χ0v) is 18.6. The summed E-state index contributed by atoms with van der Waals surface area (Å²) in [6, 6.07) is 14.2. The number of hydrogen-bond acceptors (Lipinski definition) is 5. The highest BCUT2D eigenvalue weighted by Gasteiger charge is 2.21. The highest BCUT2D eigenvalue weighted by Crippen LogP contribution is 2.24. The molecule has 1 aliphatic rings. The number of benzene rings is 1. The second-order valence-electron chi connectivity index (χ2n) is 7.20.